The van der Waals surface area contributed by atoms with Crippen molar-refractivity contribution in [2.45, 2.75) is 53.5 Å². The van der Waals surface area contributed by atoms with Crippen LogP contribution in [0, 0.1) is 24.5 Å². The van der Waals surface area contributed by atoms with E-state index >= 15 is 0 Å². The Bertz CT molecular complexity index is 1420. The standard InChI is InChI=1S/C29H32F2N4O2/c1-5-19(6-2)10-11-37-21-8-9-26(33-17-21)34-27-15-25-20(16-32-27)14-22(29(36)35(25)7-3)28-23(30)12-18(4)13-24(28)31/h8-9,12-17,19H,5-7,10-11H2,1-4H3,(H,32,33,34). The molecule has 0 amide bonds. The molecule has 0 aliphatic heterocycles. The molecular weight excluding hydrogens is 474 g/mol. The molecule has 0 saturated carbocycles. The number of rotatable bonds is 10. The summed E-state index contributed by atoms with van der Waals surface area (Å²) in [5, 5.41) is 3.74. The number of pyridine rings is 3. The van der Waals surface area contributed by atoms with E-state index in [1.807, 2.05) is 13.0 Å². The minimum absolute atomic E-state index is 0.0340. The predicted octanol–water partition coefficient (Wildman–Crippen LogP) is 7.01. The van der Waals surface area contributed by atoms with Crippen LogP contribution < -0.4 is 15.6 Å². The number of benzene rings is 1. The van der Waals surface area contributed by atoms with Gasteiger partial charge in [0, 0.05) is 24.2 Å². The molecular formula is C29H32F2N4O2. The van der Waals surface area contributed by atoms with Gasteiger partial charge in [-0.1, -0.05) is 26.7 Å². The van der Waals surface area contributed by atoms with Crippen molar-refractivity contribution in [1.29, 1.82) is 0 Å². The molecule has 194 valence electrons. The van der Waals surface area contributed by atoms with Crippen LogP contribution in [0.15, 0.2) is 53.6 Å². The fourth-order valence-electron chi connectivity index (χ4n) is 4.50. The Morgan fingerprint density at radius 3 is 2.30 bits per heavy atom. The van der Waals surface area contributed by atoms with Gasteiger partial charge < -0.3 is 14.6 Å². The second-order valence-electron chi connectivity index (χ2n) is 9.16. The van der Waals surface area contributed by atoms with Gasteiger partial charge in [-0.2, -0.15) is 0 Å². The lowest BCUT2D eigenvalue weighted by Gasteiger charge is -2.14. The molecule has 1 aromatic carbocycles. The molecule has 0 aliphatic carbocycles. The topological polar surface area (TPSA) is 69.0 Å². The van der Waals surface area contributed by atoms with Gasteiger partial charge in [0.2, 0.25) is 0 Å². The zero-order chi connectivity index (χ0) is 26.5. The predicted molar refractivity (Wildman–Crippen MR) is 143 cm³/mol. The van der Waals surface area contributed by atoms with E-state index < -0.39 is 17.2 Å². The molecule has 0 atom stereocenters. The van der Waals surface area contributed by atoms with Gasteiger partial charge in [0.1, 0.15) is 29.0 Å². The number of ether oxygens (including phenoxy) is 1. The van der Waals surface area contributed by atoms with E-state index in [1.165, 1.54) is 22.8 Å². The maximum atomic E-state index is 14.7. The van der Waals surface area contributed by atoms with Crippen molar-refractivity contribution in [3.05, 3.63) is 76.3 Å². The lowest BCUT2D eigenvalue weighted by atomic mass is 10.0. The highest BCUT2D eigenvalue weighted by Gasteiger charge is 2.19. The Labute approximate surface area is 215 Å². The van der Waals surface area contributed by atoms with E-state index in [2.05, 4.69) is 29.1 Å². The fourth-order valence-corrected chi connectivity index (χ4v) is 4.50. The van der Waals surface area contributed by atoms with Gasteiger partial charge in [0.05, 0.1) is 29.4 Å². The van der Waals surface area contributed by atoms with Crippen molar-refractivity contribution in [2.75, 3.05) is 11.9 Å². The Hall–Kier alpha value is -3.81. The van der Waals surface area contributed by atoms with Gasteiger partial charge in [0.25, 0.3) is 5.56 Å². The molecule has 0 radical (unpaired) electrons. The van der Waals surface area contributed by atoms with Gasteiger partial charge in [-0.25, -0.2) is 18.7 Å². The van der Waals surface area contributed by atoms with Crippen molar-refractivity contribution in [2.24, 2.45) is 5.92 Å². The third kappa shape index (κ3) is 5.79. The van der Waals surface area contributed by atoms with Crippen molar-refractivity contribution in [3.8, 4) is 16.9 Å². The van der Waals surface area contributed by atoms with E-state index in [4.69, 9.17) is 4.74 Å². The minimum Gasteiger partial charge on any atom is -0.492 e. The minimum atomic E-state index is -0.767. The maximum Gasteiger partial charge on any atom is 0.259 e. The summed E-state index contributed by atoms with van der Waals surface area (Å²) in [6.07, 6.45) is 6.54. The monoisotopic (exact) mass is 506 g/mol. The van der Waals surface area contributed by atoms with Gasteiger partial charge in [-0.3, -0.25) is 4.79 Å². The van der Waals surface area contributed by atoms with Gasteiger partial charge in [0.15, 0.2) is 0 Å². The molecule has 0 saturated heterocycles. The molecule has 0 aliphatic rings. The second kappa shape index (κ2) is 11.5. The third-order valence-corrected chi connectivity index (χ3v) is 6.69. The largest absolute Gasteiger partial charge is 0.492 e. The first-order valence-corrected chi connectivity index (χ1v) is 12.7. The highest BCUT2D eigenvalue weighted by atomic mass is 19.1. The number of aromatic nitrogens is 3. The van der Waals surface area contributed by atoms with Crippen molar-refractivity contribution >= 4 is 22.5 Å². The van der Waals surface area contributed by atoms with E-state index in [0.717, 1.165) is 19.3 Å². The fraction of sp³-hybridized carbons (Fsp3) is 0.345. The Morgan fingerprint density at radius 2 is 1.68 bits per heavy atom. The molecule has 0 unspecified atom stereocenters. The number of aryl methyl sites for hydroxylation is 2. The summed E-state index contributed by atoms with van der Waals surface area (Å²) < 4.78 is 36.6. The van der Waals surface area contributed by atoms with E-state index in [-0.39, 0.29) is 11.1 Å². The molecule has 0 spiro atoms. The molecule has 8 heteroatoms. The quantitative estimate of drug-likeness (QED) is 0.250. The summed E-state index contributed by atoms with van der Waals surface area (Å²) in [5.74, 6) is 0.897. The lowest BCUT2D eigenvalue weighted by Crippen LogP contribution is -2.22. The normalized spacial score (nSPS) is 11.3. The van der Waals surface area contributed by atoms with Crippen LogP contribution in [0.5, 0.6) is 5.75 Å². The molecule has 0 fully saturated rings. The number of nitrogens with one attached hydrogen (secondary N) is 1. The van der Waals surface area contributed by atoms with Crippen LogP contribution in [-0.2, 0) is 6.54 Å². The zero-order valence-electron chi connectivity index (χ0n) is 21.6. The summed E-state index contributed by atoms with van der Waals surface area (Å²) in [5.41, 5.74) is 0.217. The van der Waals surface area contributed by atoms with Crippen molar-refractivity contribution < 1.29 is 13.5 Å². The van der Waals surface area contributed by atoms with Gasteiger partial charge >= 0.3 is 0 Å². The summed E-state index contributed by atoms with van der Waals surface area (Å²) in [4.78, 5) is 22.1. The van der Waals surface area contributed by atoms with E-state index in [0.29, 0.717) is 52.9 Å². The first-order chi connectivity index (χ1) is 17.8. The molecule has 1 N–H and O–H groups in total. The van der Waals surface area contributed by atoms with Crippen LogP contribution in [-0.4, -0.2) is 21.1 Å². The number of hydrogen-bond acceptors (Lipinski definition) is 5. The average Bonchev–Trinajstić information content (AvgIpc) is 2.87. The number of anilines is 2. The summed E-state index contributed by atoms with van der Waals surface area (Å²) in [6, 6.07) is 9.32. The van der Waals surface area contributed by atoms with Crippen LogP contribution in [0.3, 0.4) is 0 Å². The van der Waals surface area contributed by atoms with E-state index in [9.17, 15) is 13.6 Å². The van der Waals surface area contributed by atoms with Gasteiger partial charge in [-0.05, 0) is 62.1 Å². The summed E-state index contributed by atoms with van der Waals surface area (Å²) in [6.45, 7) is 8.77. The second-order valence-corrected chi connectivity index (χ2v) is 9.16. The molecule has 4 aromatic rings. The first kappa shape index (κ1) is 26.3. The number of hydrogen-bond donors (Lipinski definition) is 1. The van der Waals surface area contributed by atoms with Gasteiger partial charge in [-0.15, -0.1) is 0 Å². The number of halogens is 2. The molecule has 6 nitrogen and oxygen atoms in total. The first-order valence-electron chi connectivity index (χ1n) is 12.7. The van der Waals surface area contributed by atoms with Crippen LogP contribution in [0.2, 0.25) is 0 Å². The van der Waals surface area contributed by atoms with Crippen LogP contribution >= 0.6 is 0 Å². The lowest BCUT2D eigenvalue weighted by molar-refractivity contribution is 0.271. The smallest absolute Gasteiger partial charge is 0.259 e. The molecule has 3 aromatic heterocycles. The highest BCUT2D eigenvalue weighted by molar-refractivity contribution is 5.86. The Kier molecular flexibility index (Phi) is 8.16. The SMILES string of the molecule is CCC(CC)CCOc1ccc(Nc2cc3c(cn2)cc(-c2c(F)cc(C)cc2F)c(=O)n3CC)nc1. The zero-order valence-corrected chi connectivity index (χ0v) is 21.6. The van der Waals surface area contributed by atoms with Crippen molar-refractivity contribution in [3.63, 3.8) is 0 Å². The molecule has 3 heterocycles. The Morgan fingerprint density at radius 1 is 0.973 bits per heavy atom. The molecule has 4 rings (SSSR count). The van der Waals surface area contributed by atoms with Crippen LogP contribution in [0.4, 0.5) is 20.4 Å². The van der Waals surface area contributed by atoms with E-state index in [1.54, 1.807) is 31.5 Å². The molecule has 0 bridgehead atoms. The highest BCUT2D eigenvalue weighted by Crippen LogP contribution is 2.28. The Balaban J connectivity index is 1.58. The van der Waals surface area contributed by atoms with Crippen molar-refractivity contribution in [1.82, 2.24) is 14.5 Å². The maximum absolute atomic E-state index is 14.7. The number of fused-ring (bicyclic) bond motifs is 1. The summed E-state index contributed by atoms with van der Waals surface area (Å²) >= 11 is 0. The van der Waals surface area contributed by atoms with Crippen LogP contribution in [0.1, 0.15) is 45.6 Å². The average molecular weight is 507 g/mol. The van der Waals surface area contributed by atoms with Crippen LogP contribution in [0.25, 0.3) is 22.0 Å². The third-order valence-electron chi connectivity index (χ3n) is 6.69. The molecule has 37 heavy (non-hydrogen) atoms. The summed E-state index contributed by atoms with van der Waals surface area (Å²) in [7, 11) is 0. The number of nitrogens with zero attached hydrogens (tertiary/aromatic N) is 3.